The molecule has 5 nitrogen and oxygen atoms in total. The first kappa shape index (κ1) is 38.7. The first-order valence-electron chi connectivity index (χ1n) is 16.8. The molecule has 0 aliphatic heterocycles. The van der Waals surface area contributed by atoms with Crippen molar-refractivity contribution in [2.24, 2.45) is 10.8 Å². The molecule has 1 N–H and O–H groups in total. The van der Waals surface area contributed by atoms with Crippen molar-refractivity contribution < 1.29 is 39.0 Å². The van der Waals surface area contributed by atoms with Crippen LogP contribution in [0.25, 0.3) is 44.4 Å². The number of aliphatic hydroxyl groups is 1. The number of carbonyl (C=O) groups is 1. The summed E-state index contributed by atoms with van der Waals surface area (Å²) in [5.41, 5.74) is 5.26. The van der Waals surface area contributed by atoms with Gasteiger partial charge in [0.15, 0.2) is 5.78 Å². The smallest absolute Gasteiger partial charge is 0.226 e. The largest absolute Gasteiger partial charge is 0.512 e. The number of allylic oxidation sites excluding steroid dienone is 2. The van der Waals surface area contributed by atoms with Gasteiger partial charge in [0, 0.05) is 49.4 Å². The van der Waals surface area contributed by atoms with Gasteiger partial charge in [-0.25, -0.2) is 4.98 Å². The fraction of sp³-hybridized carbons (Fsp3) is 0.381. The van der Waals surface area contributed by atoms with E-state index in [0.29, 0.717) is 5.71 Å². The van der Waals surface area contributed by atoms with E-state index in [1.165, 1.54) is 17.0 Å². The van der Waals surface area contributed by atoms with E-state index >= 15 is 0 Å². The minimum atomic E-state index is -0.337. The summed E-state index contributed by atoms with van der Waals surface area (Å²) < 4.78 is 7.38. The molecule has 257 valence electrons. The van der Waals surface area contributed by atoms with Gasteiger partial charge in [0.1, 0.15) is 11.5 Å². The number of hydrogen-bond acceptors (Lipinski definition) is 4. The van der Waals surface area contributed by atoms with Crippen LogP contribution in [0.2, 0.25) is 0 Å². The van der Waals surface area contributed by atoms with Crippen LogP contribution in [0.1, 0.15) is 93.6 Å². The van der Waals surface area contributed by atoms with Crippen molar-refractivity contribution in [2.75, 3.05) is 0 Å². The van der Waals surface area contributed by atoms with Crippen LogP contribution in [0.5, 0.6) is 0 Å². The Bertz CT molecular complexity index is 1890. The summed E-state index contributed by atoms with van der Waals surface area (Å²) in [5, 5.41) is 13.5. The first-order valence-corrected chi connectivity index (χ1v) is 16.8. The van der Waals surface area contributed by atoms with Gasteiger partial charge >= 0.3 is 0 Å². The van der Waals surface area contributed by atoms with Crippen molar-refractivity contribution in [3.8, 4) is 22.5 Å². The van der Waals surface area contributed by atoms with E-state index in [2.05, 4.69) is 75.3 Å². The average molecular weight is 824 g/mol. The molecule has 0 saturated carbocycles. The number of benzene rings is 2. The molecule has 48 heavy (non-hydrogen) atoms. The molecule has 0 unspecified atom stereocenters. The van der Waals surface area contributed by atoms with Gasteiger partial charge in [-0.3, -0.25) is 4.79 Å². The van der Waals surface area contributed by atoms with Crippen molar-refractivity contribution in [3.63, 3.8) is 0 Å². The number of fused-ring (bicyclic) bond motifs is 2. The predicted octanol–water partition coefficient (Wildman–Crippen LogP) is 11.0. The number of pyridine rings is 2. The van der Waals surface area contributed by atoms with Crippen LogP contribution in [0.15, 0.2) is 89.4 Å². The molecular formula is C42H51IrN2O3-. The molecule has 0 saturated heterocycles. The van der Waals surface area contributed by atoms with Gasteiger partial charge in [0.25, 0.3) is 0 Å². The van der Waals surface area contributed by atoms with Gasteiger partial charge < -0.3 is 14.1 Å². The number of ketones is 1. The van der Waals surface area contributed by atoms with E-state index in [1.54, 1.807) is 6.26 Å². The quantitative estimate of drug-likeness (QED) is 0.0696. The van der Waals surface area contributed by atoms with Crippen molar-refractivity contribution in [1.82, 2.24) is 4.98 Å². The summed E-state index contributed by atoms with van der Waals surface area (Å²) in [4.78, 5) is 16.8. The fourth-order valence-corrected chi connectivity index (χ4v) is 5.60. The Morgan fingerprint density at radius 1 is 0.917 bits per heavy atom. The van der Waals surface area contributed by atoms with E-state index in [-0.39, 0.29) is 47.9 Å². The molecule has 0 atom stereocenters. The van der Waals surface area contributed by atoms with Gasteiger partial charge in [-0.15, -0.1) is 29.1 Å². The molecule has 0 fully saturated rings. The molecule has 3 aromatic heterocycles. The third-order valence-corrected chi connectivity index (χ3v) is 10.1. The van der Waals surface area contributed by atoms with Gasteiger partial charge in [-0.05, 0) is 67.0 Å². The number of furan rings is 1. The summed E-state index contributed by atoms with van der Waals surface area (Å²) in [6.07, 6.45) is 8.39. The van der Waals surface area contributed by atoms with Crippen LogP contribution in [0, 0.1) is 23.9 Å². The second-order valence-electron chi connectivity index (χ2n) is 14.1. The maximum Gasteiger partial charge on any atom is 0.226 e. The van der Waals surface area contributed by atoms with Crippen LogP contribution in [-0.4, -0.2) is 15.9 Å². The summed E-state index contributed by atoms with van der Waals surface area (Å²) in [6.45, 7) is 18.8. The third-order valence-electron chi connectivity index (χ3n) is 10.1. The molecule has 2 aromatic carbocycles. The Morgan fingerprint density at radius 2 is 1.56 bits per heavy atom. The Balaban J connectivity index is 0.000000301. The van der Waals surface area contributed by atoms with Gasteiger partial charge in [0.05, 0.1) is 18.2 Å². The fourth-order valence-electron chi connectivity index (χ4n) is 5.60. The average Bonchev–Trinajstić information content (AvgIpc) is 3.55. The topological polar surface area (TPSA) is 67.2 Å². The van der Waals surface area contributed by atoms with Crippen LogP contribution in [0.3, 0.4) is 0 Å². The Morgan fingerprint density at radius 3 is 2.19 bits per heavy atom. The van der Waals surface area contributed by atoms with E-state index in [9.17, 15) is 9.90 Å². The number of aliphatic hydroxyl groups excluding tert-OH is 1. The molecule has 0 aliphatic carbocycles. The van der Waals surface area contributed by atoms with Crippen molar-refractivity contribution in [1.29, 1.82) is 0 Å². The zero-order valence-electron chi connectivity index (χ0n) is 30.0. The summed E-state index contributed by atoms with van der Waals surface area (Å²) in [6, 6.07) is 24.4. The van der Waals surface area contributed by atoms with E-state index in [4.69, 9.17) is 4.42 Å². The van der Waals surface area contributed by atoms with Crippen LogP contribution < -0.4 is 4.57 Å². The van der Waals surface area contributed by atoms with Crippen molar-refractivity contribution in [2.45, 2.75) is 93.4 Å². The maximum absolute atomic E-state index is 12.2. The molecule has 3 heterocycles. The van der Waals surface area contributed by atoms with Crippen LogP contribution in [0.4, 0.5) is 0 Å². The van der Waals surface area contributed by atoms with Gasteiger partial charge in [0.2, 0.25) is 5.71 Å². The van der Waals surface area contributed by atoms with E-state index < -0.39 is 0 Å². The van der Waals surface area contributed by atoms with Gasteiger partial charge in [-0.2, -0.15) is 0 Å². The minimum Gasteiger partial charge on any atom is -0.512 e. The minimum absolute atomic E-state index is 0. The van der Waals surface area contributed by atoms with E-state index in [0.717, 1.165) is 59.0 Å². The molecule has 5 aromatic rings. The summed E-state index contributed by atoms with van der Waals surface area (Å²) >= 11 is 0. The normalized spacial score (nSPS) is 12.4. The predicted molar refractivity (Wildman–Crippen MR) is 194 cm³/mol. The molecule has 5 rings (SSSR count). The number of hydrogen-bond donors (Lipinski definition) is 1. The second-order valence-corrected chi connectivity index (χ2v) is 14.1. The molecule has 0 bridgehead atoms. The first-order chi connectivity index (χ1) is 22.2. The summed E-state index contributed by atoms with van der Waals surface area (Å²) in [5.74, 6) is 0.286. The Kier molecular flexibility index (Phi) is 12.6. The number of rotatable bonds is 9. The maximum atomic E-state index is 12.2. The van der Waals surface area contributed by atoms with E-state index in [1.807, 2.05) is 76.6 Å². The zero-order valence-corrected chi connectivity index (χ0v) is 32.4. The van der Waals surface area contributed by atoms with Gasteiger partial charge in [-0.1, -0.05) is 91.5 Å². The molecule has 1 radical (unpaired) electrons. The monoisotopic (exact) mass is 824 g/mol. The van der Waals surface area contributed by atoms with Crippen molar-refractivity contribution in [3.05, 3.63) is 104 Å². The number of aromatic nitrogens is 2. The third kappa shape index (κ3) is 8.28. The molecule has 6 heteroatoms. The molecular weight excluding hydrogens is 773 g/mol. The molecule has 0 amide bonds. The second kappa shape index (κ2) is 15.7. The van der Waals surface area contributed by atoms with Crippen LogP contribution in [-0.2, 0) is 30.3 Å². The standard InChI is InChI=1S/C27H23N2O.C15H28O2.Ir/c1-27(2,3)23-16-21(15-19-7-5-6-8-22(19)23)25-17-20(11-13-29(25)4)24-10-9-18-12-14-30-26(18)28-24;1-7-14(5,8-2)12(16)11-13(17)15(6,9-3)10-4;/h5-14,16-17H,4H2,1-3H3;11,16H,7-10H2,1-6H3;/q-1;;/b;12-11-;. The van der Waals surface area contributed by atoms with Crippen molar-refractivity contribution >= 4 is 27.7 Å². The summed E-state index contributed by atoms with van der Waals surface area (Å²) in [7, 11) is 4.20. The molecule has 0 spiro atoms. The Hall–Kier alpha value is -3.73. The zero-order chi connectivity index (χ0) is 34.6. The number of nitrogens with zero attached hydrogens (tertiary/aromatic N) is 2. The number of carbonyl (C=O) groups excluding carboxylic acids is 1. The molecule has 0 aliphatic rings. The van der Waals surface area contributed by atoms with Crippen LogP contribution >= 0.6 is 0 Å². The Labute approximate surface area is 300 Å². The SMILES string of the molecule is CCC(C)(CC)C(=O)/C=C(\O)C(C)(CC)CC.[CH2-][n+]1ccc(-c2ccc3ccoc3n2)cc1-c1[c-]c2ccccc2c(C(C)(C)C)c1.[Ir].